The summed E-state index contributed by atoms with van der Waals surface area (Å²) in [6, 6.07) is 0.446. The molecule has 94 valence electrons. The molecule has 4 unspecified atom stereocenters. The maximum atomic E-state index is 11.7. The van der Waals surface area contributed by atoms with Gasteiger partial charge >= 0.3 is 0 Å². The van der Waals surface area contributed by atoms with E-state index in [0.717, 1.165) is 18.9 Å². The lowest BCUT2D eigenvalue weighted by Crippen LogP contribution is -2.47. The summed E-state index contributed by atoms with van der Waals surface area (Å²) in [5, 5.41) is 6.39. The van der Waals surface area contributed by atoms with E-state index in [1.165, 1.54) is 12.8 Å². The van der Waals surface area contributed by atoms with Crippen LogP contribution in [0.5, 0.6) is 0 Å². The molecule has 3 heteroatoms. The van der Waals surface area contributed by atoms with Crippen molar-refractivity contribution in [3.8, 4) is 0 Å². The van der Waals surface area contributed by atoms with Gasteiger partial charge in [-0.2, -0.15) is 0 Å². The molecule has 0 spiro atoms. The first-order valence-corrected chi connectivity index (χ1v) is 6.60. The zero-order valence-corrected chi connectivity index (χ0v) is 11.0. The van der Waals surface area contributed by atoms with Gasteiger partial charge in [0.25, 0.3) is 0 Å². The lowest BCUT2D eigenvalue weighted by molar-refractivity contribution is -0.123. The molecule has 0 saturated heterocycles. The average Bonchev–Trinajstić information content (AvgIpc) is 2.57. The highest BCUT2D eigenvalue weighted by Gasteiger charge is 2.31. The van der Waals surface area contributed by atoms with Crippen LogP contribution < -0.4 is 10.6 Å². The molecule has 1 saturated carbocycles. The van der Waals surface area contributed by atoms with Crippen molar-refractivity contribution in [2.75, 3.05) is 6.54 Å². The Morgan fingerprint density at radius 2 is 2.06 bits per heavy atom. The molecule has 1 aliphatic rings. The number of hydrogen-bond donors (Lipinski definition) is 2. The first-order valence-electron chi connectivity index (χ1n) is 6.60. The Balaban J connectivity index is 2.33. The van der Waals surface area contributed by atoms with Gasteiger partial charge in [0, 0.05) is 12.6 Å². The van der Waals surface area contributed by atoms with E-state index < -0.39 is 0 Å². The fraction of sp³-hybridized carbons (Fsp3) is 0.923. The monoisotopic (exact) mass is 226 g/mol. The first-order chi connectivity index (χ1) is 7.56. The molecule has 16 heavy (non-hydrogen) atoms. The summed E-state index contributed by atoms with van der Waals surface area (Å²) in [7, 11) is 0. The van der Waals surface area contributed by atoms with Crippen molar-refractivity contribution in [3.05, 3.63) is 0 Å². The van der Waals surface area contributed by atoms with Gasteiger partial charge in [0.2, 0.25) is 5.91 Å². The number of carbonyl (C=O) groups excluding carboxylic acids is 1. The van der Waals surface area contributed by atoms with Crippen LogP contribution in [0.4, 0.5) is 0 Å². The van der Waals surface area contributed by atoms with Gasteiger partial charge in [-0.3, -0.25) is 4.79 Å². The SMILES string of the molecule is CCCNC(=O)C(C)NC1CCC(C)C1C. The molecule has 0 heterocycles. The predicted molar refractivity (Wildman–Crippen MR) is 67.2 cm³/mol. The van der Waals surface area contributed by atoms with Crippen LogP contribution in [-0.4, -0.2) is 24.5 Å². The molecular formula is C13H26N2O. The van der Waals surface area contributed by atoms with Gasteiger partial charge in [-0.25, -0.2) is 0 Å². The van der Waals surface area contributed by atoms with Crippen molar-refractivity contribution in [1.29, 1.82) is 0 Å². The molecule has 1 amide bonds. The Bertz CT molecular complexity index is 230. The van der Waals surface area contributed by atoms with Crippen molar-refractivity contribution in [1.82, 2.24) is 10.6 Å². The van der Waals surface area contributed by atoms with E-state index in [1.54, 1.807) is 0 Å². The number of amides is 1. The highest BCUT2D eigenvalue weighted by molar-refractivity contribution is 5.81. The number of rotatable bonds is 5. The number of carbonyl (C=O) groups is 1. The van der Waals surface area contributed by atoms with E-state index in [0.29, 0.717) is 12.0 Å². The van der Waals surface area contributed by atoms with Crippen molar-refractivity contribution in [2.45, 2.75) is 59.0 Å². The second-order valence-corrected chi connectivity index (χ2v) is 5.20. The third-order valence-electron chi connectivity index (χ3n) is 3.87. The van der Waals surface area contributed by atoms with Crippen molar-refractivity contribution >= 4 is 5.91 Å². The highest BCUT2D eigenvalue weighted by atomic mass is 16.2. The van der Waals surface area contributed by atoms with Gasteiger partial charge in [0.15, 0.2) is 0 Å². The molecule has 0 aromatic carbocycles. The van der Waals surface area contributed by atoms with Crippen LogP contribution in [-0.2, 0) is 4.79 Å². The normalized spacial score (nSPS) is 31.4. The fourth-order valence-electron chi connectivity index (χ4n) is 2.40. The molecule has 1 rings (SSSR count). The van der Waals surface area contributed by atoms with Crippen molar-refractivity contribution in [2.24, 2.45) is 11.8 Å². The third-order valence-corrected chi connectivity index (χ3v) is 3.87. The Morgan fingerprint density at radius 3 is 2.56 bits per heavy atom. The van der Waals surface area contributed by atoms with Crippen LogP contribution in [0.2, 0.25) is 0 Å². The lowest BCUT2D eigenvalue weighted by atomic mass is 9.97. The summed E-state index contributed by atoms with van der Waals surface area (Å²) in [5.74, 6) is 1.60. The predicted octanol–water partition coefficient (Wildman–Crippen LogP) is 1.93. The van der Waals surface area contributed by atoms with Gasteiger partial charge in [0.1, 0.15) is 0 Å². The Hall–Kier alpha value is -0.570. The van der Waals surface area contributed by atoms with Crippen LogP contribution >= 0.6 is 0 Å². The molecule has 3 nitrogen and oxygen atoms in total. The smallest absolute Gasteiger partial charge is 0.236 e. The van der Waals surface area contributed by atoms with Crippen LogP contribution in [0.1, 0.15) is 47.0 Å². The van der Waals surface area contributed by atoms with Crippen LogP contribution in [0.3, 0.4) is 0 Å². The molecule has 2 N–H and O–H groups in total. The van der Waals surface area contributed by atoms with E-state index in [9.17, 15) is 4.79 Å². The quantitative estimate of drug-likeness (QED) is 0.752. The molecule has 0 aliphatic heterocycles. The summed E-state index contributed by atoms with van der Waals surface area (Å²) < 4.78 is 0. The maximum absolute atomic E-state index is 11.7. The van der Waals surface area contributed by atoms with Gasteiger partial charge in [0.05, 0.1) is 6.04 Å². The second kappa shape index (κ2) is 6.24. The zero-order chi connectivity index (χ0) is 12.1. The van der Waals surface area contributed by atoms with E-state index in [-0.39, 0.29) is 11.9 Å². The van der Waals surface area contributed by atoms with Crippen LogP contribution in [0.15, 0.2) is 0 Å². The summed E-state index contributed by atoms with van der Waals surface area (Å²) in [6.07, 6.45) is 3.48. The molecule has 1 aliphatic carbocycles. The largest absolute Gasteiger partial charge is 0.355 e. The van der Waals surface area contributed by atoms with E-state index in [1.807, 2.05) is 6.92 Å². The average molecular weight is 226 g/mol. The third kappa shape index (κ3) is 3.48. The van der Waals surface area contributed by atoms with Gasteiger partial charge in [-0.1, -0.05) is 20.8 Å². The molecule has 0 radical (unpaired) electrons. The Morgan fingerprint density at radius 1 is 1.38 bits per heavy atom. The summed E-state index contributed by atoms with van der Waals surface area (Å²) in [6.45, 7) is 9.39. The zero-order valence-electron chi connectivity index (χ0n) is 11.0. The minimum atomic E-state index is -0.0655. The van der Waals surface area contributed by atoms with Crippen LogP contribution in [0.25, 0.3) is 0 Å². The topological polar surface area (TPSA) is 41.1 Å². The molecular weight excluding hydrogens is 200 g/mol. The minimum absolute atomic E-state index is 0.0655. The van der Waals surface area contributed by atoms with Crippen molar-refractivity contribution < 1.29 is 4.79 Å². The minimum Gasteiger partial charge on any atom is -0.355 e. The van der Waals surface area contributed by atoms with Gasteiger partial charge < -0.3 is 10.6 Å². The van der Waals surface area contributed by atoms with Crippen LogP contribution in [0, 0.1) is 11.8 Å². The van der Waals surface area contributed by atoms with E-state index >= 15 is 0 Å². The molecule has 4 atom stereocenters. The molecule has 0 aromatic heterocycles. The van der Waals surface area contributed by atoms with Gasteiger partial charge in [-0.05, 0) is 38.0 Å². The lowest BCUT2D eigenvalue weighted by Gasteiger charge is -2.23. The fourth-order valence-corrected chi connectivity index (χ4v) is 2.40. The summed E-state index contributed by atoms with van der Waals surface area (Å²) >= 11 is 0. The Kier molecular flexibility index (Phi) is 5.26. The summed E-state index contributed by atoms with van der Waals surface area (Å²) in [4.78, 5) is 11.7. The molecule has 1 fully saturated rings. The van der Waals surface area contributed by atoms with Gasteiger partial charge in [-0.15, -0.1) is 0 Å². The number of nitrogens with one attached hydrogen (secondary N) is 2. The molecule has 0 aromatic rings. The Labute approximate surface area is 99.4 Å². The second-order valence-electron chi connectivity index (χ2n) is 5.20. The standard InChI is InChI=1S/C13H26N2O/c1-5-8-14-13(16)11(4)15-12-7-6-9(2)10(12)3/h9-12,15H,5-8H2,1-4H3,(H,14,16). The van der Waals surface area contributed by atoms with E-state index in [2.05, 4.69) is 31.4 Å². The number of hydrogen-bond acceptors (Lipinski definition) is 2. The maximum Gasteiger partial charge on any atom is 0.236 e. The first kappa shape index (κ1) is 13.5. The van der Waals surface area contributed by atoms with E-state index in [4.69, 9.17) is 0 Å². The highest BCUT2D eigenvalue weighted by Crippen LogP contribution is 2.31. The van der Waals surface area contributed by atoms with Crippen molar-refractivity contribution in [3.63, 3.8) is 0 Å². The molecule has 0 bridgehead atoms. The summed E-state index contributed by atoms with van der Waals surface area (Å²) in [5.41, 5.74) is 0.